The zero-order valence-corrected chi connectivity index (χ0v) is 12.9. The van der Waals surface area contributed by atoms with Crippen molar-refractivity contribution in [3.05, 3.63) is 64.2 Å². The summed E-state index contributed by atoms with van der Waals surface area (Å²) in [5.74, 6) is -0.313. The second-order valence-corrected chi connectivity index (χ2v) is 5.52. The molecule has 21 heavy (non-hydrogen) atoms. The number of hydrogen-bond acceptors (Lipinski definition) is 2. The number of rotatable bonds is 5. The van der Waals surface area contributed by atoms with Crippen molar-refractivity contribution >= 4 is 11.6 Å². The van der Waals surface area contributed by atoms with E-state index in [0.717, 1.165) is 17.8 Å². The zero-order chi connectivity index (χ0) is 15.4. The summed E-state index contributed by atoms with van der Waals surface area (Å²) in [6.07, 6.45) is 0.259. The molecule has 0 aliphatic heterocycles. The van der Waals surface area contributed by atoms with E-state index in [1.807, 2.05) is 24.3 Å². The number of hydrogen-bond donors (Lipinski definition) is 2. The van der Waals surface area contributed by atoms with Gasteiger partial charge in [-0.15, -0.1) is 0 Å². The van der Waals surface area contributed by atoms with Crippen molar-refractivity contribution in [3.8, 4) is 0 Å². The second kappa shape index (κ2) is 6.44. The fourth-order valence-corrected chi connectivity index (χ4v) is 2.44. The Hall–Kier alpha value is -2.29. The Morgan fingerprint density at radius 1 is 1.00 bits per heavy atom. The van der Waals surface area contributed by atoms with Crippen LogP contribution in [0.25, 0.3) is 0 Å². The molecule has 0 aliphatic carbocycles. The van der Waals surface area contributed by atoms with Crippen LogP contribution in [0.3, 0.4) is 0 Å². The lowest BCUT2D eigenvalue weighted by atomic mass is 10.0. The van der Waals surface area contributed by atoms with Crippen LogP contribution in [-0.2, 0) is 17.8 Å². The summed E-state index contributed by atoms with van der Waals surface area (Å²) in [4.78, 5) is 11.1. The molecule has 110 valence electrons. The number of carbonyl (C=O) groups excluding carboxylic acids is 1. The summed E-state index contributed by atoms with van der Waals surface area (Å²) >= 11 is 0. The fraction of sp³-hybridized carbons (Fsp3) is 0.278. The molecule has 0 unspecified atom stereocenters. The van der Waals surface area contributed by atoms with Gasteiger partial charge in [-0.05, 0) is 54.7 Å². The molecule has 0 spiro atoms. The molecule has 0 saturated carbocycles. The maximum absolute atomic E-state index is 11.1. The average molecular weight is 282 g/mol. The minimum atomic E-state index is -0.313. The number of nitrogens with two attached hydrogens (primary N) is 1. The minimum Gasteiger partial charge on any atom is -0.381 e. The van der Waals surface area contributed by atoms with E-state index < -0.39 is 0 Å². The third kappa shape index (κ3) is 3.85. The van der Waals surface area contributed by atoms with E-state index >= 15 is 0 Å². The van der Waals surface area contributed by atoms with Gasteiger partial charge in [-0.3, -0.25) is 4.79 Å². The third-order valence-electron chi connectivity index (χ3n) is 3.80. The standard InChI is InChI=1S/C18H22N2O/c1-12-8-14(3)16(9-13(12)2)11-20-17-7-5-4-6-15(17)10-18(19)21/h4-9,20H,10-11H2,1-3H3,(H2,19,21). The number of para-hydroxylation sites is 1. The van der Waals surface area contributed by atoms with E-state index in [9.17, 15) is 4.79 Å². The van der Waals surface area contributed by atoms with E-state index in [-0.39, 0.29) is 12.3 Å². The van der Waals surface area contributed by atoms with Gasteiger partial charge in [0.1, 0.15) is 0 Å². The van der Waals surface area contributed by atoms with Gasteiger partial charge in [0, 0.05) is 12.2 Å². The average Bonchev–Trinajstić information content (AvgIpc) is 2.42. The summed E-state index contributed by atoms with van der Waals surface area (Å²) in [6, 6.07) is 12.2. The van der Waals surface area contributed by atoms with Gasteiger partial charge in [-0.1, -0.05) is 30.3 Å². The lowest BCUT2D eigenvalue weighted by molar-refractivity contribution is -0.117. The number of nitrogens with one attached hydrogen (secondary N) is 1. The van der Waals surface area contributed by atoms with E-state index in [2.05, 4.69) is 38.2 Å². The zero-order valence-electron chi connectivity index (χ0n) is 12.9. The van der Waals surface area contributed by atoms with E-state index in [0.29, 0.717) is 0 Å². The van der Waals surface area contributed by atoms with Gasteiger partial charge in [0.15, 0.2) is 0 Å². The Bertz CT molecular complexity index is 662. The lowest BCUT2D eigenvalue weighted by Crippen LogP contribution is -2.15. The smallest absolute Gasteiger partial charge is 0.221 e. The largest absolute Gasteiger partial charge is 0.381 e. The van der Waals surface area contributed by atoms with E-state index in [1.165, 1.54) is 22.3 Å². The molecule has 2 rings (SSSR count). The van der Waals surface area contributed by atoms with Crippen LogP contribution in [0.15, 0.2) is 36.4 Å². The molecule has 3 nitrogen and oxygen atoms in total. The van der Waals surface area contributed by atoms with Crippen molar-refractivity contribution in [2.24, 2.45) is 5.73 Å². The van der Waals surface area contributed by atoms with Crippen LogP contribution >= 0.6 is 0 Å². The molecule has 0 aromatic heterocycles. The van der Waals surface area contributed by atoms with Crippen LogP contribution in [0.5, 0.6) is 0 Å². The lowest BCUT2D eigenvalue weighted by Gasteiger charge is -2.14. The molecule has 0 saturated heterocycles. The van der Waals surface area contributed by atoms with E-state index in [4.69, 9.17) is 5.73 Å². The molecule has 2 aromatic carbocycles. The SMILES string of the molecule is Cc1cc(C)c(CNc2ccccc2CC(N)=O)cc1C. The molecule has 0 bridgehead atoms. The highest BCUT2D eigenvalue weighted by atomic mass is 16.1. The van der Waals surface area contributed by atoms with Crippen molar-refractivity contribution < 1.29 is 4.79 Å². The topological polar surface area (TPSA) is 55.1 Å². The molecule has 1 amide bonds. The maximum atomic E-state index is 11.1. The van der Waals surface area contributed by atoms with Crippen LogP contribution < -0.4 is 11.1 Å². The summed E-state index contributed by atoms with van der Waals surface area (Å²) in [7, 11) is 0. The van der Waals surface area contributed by atoms with E-state index in [1.54, 1.807) is 0 Å². The third-order valence-corrected chi connectivity index (χ3v) is 3.80. The first-order chi connectivity index (χ1) is 9.97. The fourth-order valence-electron chi connectivity index (χ4n) is 2.44. The quantitative estimate of drug-likeness (QED) is 0.884. The molecule has 2 aromatic rings. The first kappa shape index (κ1) is 15.1. The number of anilines is 1. The highest BCUT2D eigenvalue weighted by molar-refractivity contribution is 5.78. The Balaban J connectivity index is 2.17. The highest BCUT2D eigenvalue weighted by Gasteiger charge is 2.06. The van der Waals surface area contributed by atoms with Crippen molar-refractivity contribution in [3.63, 3.8) is 0 Å². The molecule has 0 aliphatic rings. The van der Waals surface area contributed by atoms with Crippen LogP contribution in [0, 0.1) is 20.8 Å². The number of amides is 1. The van der Waals surface area contributed by atoms with Gasteiger partial charge < -0.3 is 11.1 Å². The van der Waals surface area contributed by atoms with Crippen LogP contribution in [0.2, 0.25) is 0 Å². The maximum Gasteiger partial charge on any atom is 0.221 e. The van der Waals surface area contributed by atoms with Gasteiger partial charge in [0.25, 0.3) is 0 Å². The Morgan fingerprint density at radius 3 is 2.38 bits per heavy atom. The highest BCUT2D eigenvalue weighted by Crippen LogP contribution is 2.19. The van der Waals surface area contributed by atoms with Crippen LogP contribution in [0.1, 0.15) is 27.8 Å². The predicted molar refractivity (Wildman–Crippen MR) is 87.3 cm³/mol. The Kier molecular flexibility index (Phi) is 4.63. The number of benzene rings is 2. The van der Waals surface area contributed by atoms with Crippen LogP contribution in [-0.4, -0.2) is 5.91 Å². The van der Waals surface area contributed by atoms with Crippen molar-refractivity contribution in [1.29, 1.82) is 0 Å². The first-order valence-corrected chi connectivity index (χ1v) is 7.14. The molecular weight excluding hydrogens is 260 g/mol. The van der Waals surface area contributed by atoms with Gasteiger partial charge in [0.2, 0.25) is 5.91 Å². The first-order valence-electron chi connectivity index (χ1n) is 7.14. The van der Waals surface area contributed by atoms with Crippen molar-refractivity contribution in [1.82, 2.24) is 0 Å². The van der Waals surface area contributed by atoms with Crippen LogP contribution in [0.4, 0.5) is 5.69 Å². The summed E-state index contributed by atoms with van der Waals surface area (Å²) in [6.45, 7) is 7.11. The summed E-state index contributed by atoms with van der Waals surface area (Å²) in [5.41, 5.74) is 12.3. The van der Waals surface area contributed by atoms with Gasteiger partial charge >= 0.3 is 0 Å². The molecule has 0 radical (unpaired) electrons. The second-order valence-electron chi connectivity index (χ2n) is 5.52. The molecule has 0 atom stereocenters. The number of primary amides is 1. The number of aryl methyl sites for hydroxylation is 3. The minimum absolute atomic E-state index is 0.259. The summed E-state index contributed by atoms with van der Waals surface area (Å²) < 4.78 is 0. The Labute approximate surface area is 126 Å². The van der Waals surface area contributed by atoms with Crippen molar-refractivity contribution in [2.45, 2.75) is 33.7 Å². The predicted octanol–water partition coefficient (Wildman–Crippen LogP) is 3.25. The molecule has 3 heteroatoms. The van der Waals surface area contributed by atoms with Gasteiger partial charge in [-0.25, -0.2) is 0 Å². The number of carbonyl (C=O) groups is 1. The van der Waals surface area contributed by atoms with Crippen molar-refractivity contribution in [2.75, 3.05) is 5.32 Å². The molecule has 0 fully saturated rings. The monoisotopic (exact) mass is 282 g/mol. The van der Waals surface area contributed by atoms with Gasteiger partial charge in [-0.2, -0.15) is 0 Å². The molecular formula is C18H22N2O. The summed E-state index contributed by atoms with van der Waals surface area (Å²) in [5, 5.41) is 3.41. The normalized spacial score (nSPS) is 10.4. The van der Waals surface area contributed by atoms with Gasteiger partial charge in [0.05, 0.1) is 6.42 Å². The molecule has 3 N–H and O–H groups in total. The Morgan fingerprint density at radius 2 is 1.67 bits per heavy atom. The molecule has 0 heterocycles.